The lowest BCUT2D eigenvalue weighted by atomic mass is 10.2. The molecule has 0 aliphatic rings. The number of halogens is 3. The Labute approximate surface area is 117 Å². The summed E-state index contributed by atoms with van der Waals surface area (Å²) in [7, 11) is 0. The van der Waals surface area contributed by atoms with Gasteiger partial charge in [0.05, 0.1) is 11.9 Å². The summed E-state index contributed by atoms with van der Waals surface area (Å²) in [5, 5.41) is 8.00. The fourth-order valence-electron chi connectivity index (χ4n) is 1.61. The van der Waals surface area contributed by atoms with E-state index in [4.69, 9.17) is 0 Å². The SMILES string of the molecule is O=C(CCc1cccs1)Nc1cnn(CC(F)(F)F)c1. The van der Waals surface area contributed by atoms with Crippen molar-refractivity contribution in [2.24, 2.45) is 0 Å². The van der Waals surface area contributed by atoms with Crippen LogP contribution in [0.3, 0.4) is 0 Å². The standard InChI is InChI=1S/C12H12F3N3OS/c13-12(14,15)8-18-7-9(6-16-18)17-11(19)4-3-10-2-1-5-20-10/h1-2,5-7H,3-4,8H2,(H,17,19). The van der Waals surface area contributed by atoms with Gasteiger partial charge in [0.25, 0.3) is 0 Å². The van der Waals surface area contributed by atoms with Crippen LogP contribution in [0.1, 0.15) is 11.3 Å². The Morgan fingerprint density at radius 2 is 2.25 bits per heavy atom. The number of alkyl halides is 3. The monoisotopic (exact) mass is 303 g/mol. The molecule has 2 heterocycles. The second kappa shape index (κ2) is 6.08. The number of hydrogen-bond acceptors (Lipinski definition) is 3. The van der Waals surface area contributed by atoms with Gasteiger partial charge in [-0.2, -0.15) is 18.3 Å². The summed E-state index contributed by atoms with van der Waals surface area (Å²) in [4.78, 5) is 12.7. The normalized spacial score (nSPS) is 11.6. The molecule has 0 aromatic carbocycles. The summed E-state index contributed by atoms with van der Waals surface area (Å²) >= 11 is 1.56. The Kier molecular flexibility index (Phi) is 4.43. The molecular weight excluding hydrogens is 291 g/mol. The van der Waals surface area contributed by atoms with Gasteiger partial charge < -0.3 is 5.32 Å². The van der Waals surface area contributed by atoms with E-state index in [1.165, 1.54) is 6.20 Å². The highest BCUT2D eigenvalue weighted by atomic mass is 32.1. The van der Waals surface area contributed by atoms with E-state index in [-0.39, 0.29) is 18.0 Å². The summed E-state index contributed by atoms with van der Waals surface area (Å²) in [6.45, 7) is -1.17. The minimum absolute atomic E-state index is 0.245. The minimum Gasteiger partial charge on any atom is -0.323 e. The molecule has 1 N–H and O–H groups in total. The number of nitrogens with zero attached hydrogens (tertiary/aromatic N) is 2. The van der Waals surface area contributed by atoms with Crippen LogP contribution in [-0.2, 0) is 17.8 Å². The van der Waals surface area contributed by atoms with Gasteiger partial charge in [-0.05, 0) is 17.9 Å². The average Bonchev–Trinajstić information content (AvgIpc) is 2.96. The molecule has 2 rings (SSSR count). The highest BCUT2D eigenvalue weighted by Crippen LogP contribution is 2.18. The van der Waals surface area contributed by atoms with Gasteiger partial charge in [-0.1, -0.05) is 6.07 Å². The molecule has 0 spiro atoms. The van der Waals surface area contributed by atoms with Crippen LogP contribution in [0.2, 0.25) is 0 Å². The van der Waals surface area contributed by atoms with E-state index >= 15 is 0 Å². The Morgan fingerprint density at radius 3 is 2.90 bits per heavy atom. The molecule has 4 nitrogen and oxygen atoms in total. The van der Waals surface area contributed by atoms with Crippen LogP contribution < -0.4 is 5.32 Å². The van der Waals surface area contributed by atoms with E-state index in [9.17, 15) is 18.0 Å². The Balaban J connectivity index is 1.82. The number of hydrogen-bond donors (Lipinski definition) is 1. The van der Waals surface area contributed by atoms with Crippen LogP contribution >= 0.6 is 11.3 Å². The minimum atomic E-state index is -4.33. The summed E-state index contributed by atoms with van der Waals surface area (Å²) in [6.07, 6.45) is -1.07. The van der Waals surface area contributed by atoms with Gasteiger partial charge in [0.15, 0.2) is 0 Å². The molecule has 108 valence electrons. The van der Waals surface area contributed by atoms with Gasteiger partial charge in [-0.15, -0.1) is 11.3 Å². The highest BCUT2D eigenvalue weighted by molar-refractivity contribution is 7.09. The van der Waals surface area contributed by atoms with Crippen molar-refractivity contribution < 1.29 is 18.0 Å². The van der Waals surface area contributed by atoms with Crippen molar-refractivity contribution in [2.45, 2.75) is 25.6 Å². The molecule has 1 amide bonds. The topological polar surface area (TPSA) is 46.9 Å². The smallest absolute Gasteiger partial charge is 0.323 e. The molecule has 2 aromatic rings. The van der Waals surface area contributed by atoms with E-state index in [0.717, 1.165) is 15.8 Å². The third-order valence-corrected chi connectivity index (χ3v) is 3.37. The summed E-state index contributed by atoms with van der Waals surface area (Å²) in [5.74, 6) is -0.245. The second-order valence-corrected chi connectivity index (χ2v) is 5.20. The molecule has 0 unspecified atom stereocenters. The zero-order chi connectivity index (χ0) is 14.6. The molecule has 8 heteroatoms. The van der Waals surface area contributed by atoms with Gasteiger partial charge >= 0.3 is 6.18 Å². The quantitative estimate of drug-likeness (QED) is 0.922. The lowest BCUT2D eigenvalue weighted by Crippen LogP contribution is -2.18. The van der Waals surface area contributed by atoms with Gasteiger partial charge in [0, 0.05) is 17.5 Å². The highest BCUT2D eigenvalue weighted by Gasteiger charge is 2.28. The Bertz CT molecular complexity index is 563. The molecule has 2 aromatic heterocycles. The maximum absolute atomic E-state index is 12.1. The third kappa shape index (κ3) is 4.69. The summed E-state index contributed by atoms with van der Waals surface area (Å²) in [5.41, 5.74) is 0.269. The first-order valence-electron chi connectivity index (χ1n) is 5.84. The van der Waals surface area contributed by atoms with Crippen LogP contribution in [0, 0.1) is 0 Å². The van der Waals surface area contributed by atoms with E-state index in [2.05, 4.69) is 10.4 Å². The van der Waals surface area contributed by atoms with Crippen molar-refractivity contribution in [1.29, 1.82) is 0 Å². The zero-order valence-corrected chi connectivity index (χ0v) is 11.2. The number of aryl methyl sites for hydroxylation is 1. The largest absolute Gasteiger partial charge is 0.408 e. The molecule has 0 aliphatic carbocycles. The van der Waals surface area contributed by atoms with Gasteiger partial charge in [0.2, 0.25) is 5.91 Å². The number of nitrogens with one attached hydrogen (secondary N) is 1. The molecule has 0 saturated carbocycles. The van der Waals surface area contributed by atoms with Gasteiger partial charge in [0.1, 0.15) is 6.54 Å². The van der Waals surface area contributed by atoms with Gasteiger partial charge in [-0.25, -0.2) is 0 Å². The Morgan fingerprint density at radius 1 is 1.45 bits per heavy atom. The summed E-state index contributed by atoms with van der Waals surface area (Å²) < 4.78 is 37.2. The van der Waals surface area contributed by atoms with Crippen molar-refractivity contribution in [3.8, 4) is 0 Å². The zero-order valence-electron chi connectivity index (χ0n) is 10.4. The molecule has 0 aliphatic heterocycles. The van der Waals surface area contributed by atoms with Crippen molar-refractivity contribution in [1.82, 2.24) is 9.78 Å². The van der Waals surface area contributed by atoms with Crippen LogP contribution in [0.25, 0.3) is 0 Å². The predicted molar refractivity (Wildman–Crippen MR) is 69.6 cm³/mol. The van der Waals surface area contributed by atoms with Crippen LogP contribution in [0.15, 0.2) is 29.9 Å². The molecule has 0 bridgehead atoms. The van der Waals surface area contributed by atoms with Gasteiger partial charge in [-0.3, -0.25) is 9.48 Å². The van der Waals surface area contributed by atoms with Crippen molar-refractivity contribution >= 4 is 22.9 Å². The number of aromatic nitrogens is 2. The van der Waals surface area contributed by atoms with Crippen molar-refractivity contribution in [3.63, 3.8) is 0 Å². The van der Waals surface area contributed by atoms with E-state index in [1.54, 1.807) is 11.3 Å². The lowest BCUT2D eigenvalue weighted by molar-refractivity contribution is -0.142. The lowest BCUT2D eigenvalue weighted by Gasteiger charge is -2.05. The maximum Gasteiger partial charge on any atom is 0.408 e. The number of anilines is 1. The molecule has 20 heavy (non-hydrogen) atoms. The van der Waals surface area contributed by atoms with E-state index in [0.29, 0.717) is 6.42 Å². The first-order chi connectivity index (χ1) is 9.42. The van der Waals surface area contributed by atoms with Crippen molar-refractivity contribution in [3.05, 3.63) is 34.8 Å². The number of thiophene rings is 1. The van der Waals surface area contributed by atoms with E-state index in [1.807, 2.05) is 17.5 Å². The maximum atomic E-state index is 12.1. The molecule has 0 atom stereocenters. The third-order valence-electron chi connectivity index (χ3n) is 2.44. The number of rotatable bonds is 5. The predicted octanol–water partition coefficient (Wildman–Crippen LogP) is 3.08. The summed E-state index contributed by atoms with van der Waals surface area (Å²) in [6, 6.07) is 3.83. The van der Waals surface area contributed by atoms with E-state index < -0.39 is 12.7 Å². The molecular formula is C12H12F3N3OS. The fourth-order valence-corrected chi connectivity index (χ4v) is 2.32. The first kappa shape index (κ1) is 14.6. The second-order valence-electron chi connectivity index (χ2n) is 4.17. The number of carbonyl (C=O) groups is 1. The molecule has 0 radical (unpaired) electrons. The van der Waals surface area contributed by atoms with Crippen LogP contribution in [0.5, 0.6) is 0 Å². The Hall–Kier alpha value is -1.83. The molecule has 0 saturated heterocycles. The number of amides is 1. The van der Waals surface area contributed by atoms with Crippen molar-refractivity contribution in [2.75, 3.05) is 5.32 Å². The fraction of sp³-hybridized carbons (Fsp3) is 0.333. The first-order valence-corrected chi connectivity index (χ1v) is 6.72. The van der Waals surface area contributed by atoms with Crippen LogP contribution in [0.4, 0.5) is 18.9 Å². The molecule has 0 fully saturated rings. The van der Waals surface area contributed by atoms with Crippen LogP contribution in [-0.4, -0.2) is 21.9 Å². The number of carbonyl (C=O) groups excluding carboxylic acids is 1. The average molecular weight is 303 g/mol.